The number of aromatic amines is 2. The van der Waals surface area contributed by atoms with Gasteiger partial charge < -0.3 is 32.0 Å². The number of H-pyrrole nitrogens is 2. The van der Waals surface area contributed by atoms with E-state index in [1.54, 1.807) is 6.20 Å². The zero-order valence-corrected chi connectivity index (χ0v) is 11.0. The summed E-state index contributed by atoms with van der Waals surface area (Å²) in [6, 6.07) is -0.480. The molecule has 0 spiro atoms. The molecule has 1 heterocycles. The van der Waals surface area contributed by atoms with Crippen molar-refractivity contribution in [3.05, 3.63) is 16.7 Å². The average molecular weight is 266 g/mol. The Hall–Kier alpha value is -0.850. The number of carboxylic acids is 1. The van der Waals surface area contributed by atoms with Gasteiger partial charge in [0.05, 0.1) is 27.6 Å². The SMILES string of the molecule is C[N+](C)(C)[C@@H](Cc1c[nH]c(=S)[nH]1)C(=O)O.[Cl-]. The summed E-state index contributed by atoms with van der Waals surface area (Å²) >= 11 is 4.88. The van der Waals surface area contributed by atoms with Crippen molar-refractivity contribution in [2.45, 2.75) is 12.5 Å². The highest BCUT2D eigenvalue weighted by atomic mass is 35.5. The normalized spacial score (nSPS) is 12.9. The molecule has 0 bridgehead atoms. The van der Waals surface area contributed by atoms with Crippen LogP contribution in [0.3, 0.4) is 0 Å². The van der Waals surface area contributed by atoms with Gasteiger partial charge in [-0.1, -0.05) is 0 Å². The summed E-state index contributed by atoms with van der Waals surface area (Å²) in [5.41, 5.74) is 0.820. The van der Waals surface area contributed by atoms with E-state index in [2.05, 4.69) is 9.97 Å². The molecule has 0 saturated carbocycles. The molecule has 0 amide bonds. The van der Waals surface area contributed by atoms with Gasteiger partial charge in [-0.25, -0.2) is 4.79 Å². The van der Waals surface area contributed by atoms with E-state index in [9.17, 15) is 4.79 Å². The van der Waals surface area contributed by atoms with Crippen LogP contribution in [0.2, 0.25) is 0 Å². The summed E-state index contributed by atoms with van der Waals surface area (Å²) in [6.07, 6.45) is 2.15. The third-order valence-corrected chi connectivity index (χ3v) is 2.50. The number of aliphatic carboxylic acids is 1. The number of carboxylic acid groups (broad SMARTS) is 1. The van der Waals surface area contributed by atoms with Gasteiger partial charge in [-0.3, -0.25) is 0 Å². The van der Waals surface area contributed by atoms with Crippen molar-refractivity contribution >= 4 is 18.2 Å². The molecule has 5 nitrogen and oxygen atoms in total. The number of quaternary nitrogens is 1. The van der Waals surface area contributed by atoms with Crippen molar-refractivity contribution in [2.75, 3.05) is 21.1 Å². The molecule has 1 rings (SSSR count). The maximum absolute atomic E-state index is 11.1. The standard InChI is InChI=1S/C9H15N3O2S.ClH/c1-12(2,3)7(8(13)14)4-6-5-10-9(15)11-6;/h5,7H,4H2,1-3H3,(H2-,10,11,13,14,15);1H/t7-;/m0./s1. The van der Waals surface area contributed by atoms with Crippen LogP contribution in [0.5, 0.6) is 0 Å². The number of imidazole rings is 1. The molecule has 0 saturated heterocycles. The molecular formula is C9H16ClN3O2S. The zero-order chi connectivity index (χ0) is 11.6. The lowest BCUT2D eigenvalue weighted by Crippen LogP contribution is -3.00. The summed E-state index contributed by atoms with van der Waals surface area (Å²) < 4.78 is 0.900. The number of halogens is 1. The van der Waals surface area contributed by atoms with Gasteiger partial charge in [-0.05, 0) is 12.2 Å². The first-order chi connectivity index (χ1) is 6.80. The van der Waals surface area contributed by atoms with Crippen LogP contribution in [-0.4, -0.2) is 52.7 Å². The highest BCUT2D eigenvalue weighted by molar-refractivity contribution is 7.71. The van der Waals surface area contributed by atoms with Gasteiger partial charge in [-0.2, -0.15) is 0 Å². The molecular weight excluding hydrogens is 250 g/mol. The monoisotopic (exact) mass is 265 g/mol. The molecule has 0 unspecified atom stereocenters. The Balaban J connectivity index is 0.00000225. The minimum Gasteiger partial charge on any atom is -1.00 e. The summed E-state index contributed by atoms with van der Waals surface area (Å²) in [6.45, 7) is 0. The van der Waals surface area contributed by atoms with Gasteiger partial charge >= 0.3 is 5.97 Å². The van der Waals surface area contributed by atoms with Crippen molar-refractivity contribution in [3.8, 4) is 0 Å². The van der Waals surface area contributed by atoms with Crippen LogP contribution in [0.15, 0.2) is 6.20 Å². The fourth-order valence-corrected chi connectivity index (χ4v) is 1.57. The Morgan fingerprint density at radius 2 is 2.12 bits per heavy atom. The number of likely N-dealkylation sites (N-methyl/N-ethyl adjacent to an activating group) is 1. The second kappa shape index (κ2) is 5.47. The molecule has 0 aliphatic carbocycles. The third-order valence-electron chi connectivity index (χ3n) is 2.28. The molecule has 1 aromatic heterocycles. The van der Waals surface area contributed by atoms with E-state index in [0.717, 1.165) is 5.69 Å². The largest absolute Gasteiger partial charge is 1.00 e. The van der Waals surface area contributed by atoms with E-state index in [0.29, 0.717) is 15.7 Å². The quantitative estimate of drug-likeness (QED) is 0.427. The van der Waals surface area contributed by atoms with Crippen LogP contribution in [0.4, 0.5) is 0 Å². The second-order valence-corrected chi connectivity index (χ2v) is 4.85. The topological polar surface area (TPSA) is 68.9 Å². The highest BCUT2D eigenvalue weighted by Crippen LogP contribution is 2.09. The average Bonchev–Trinajstić information content (AvgIpc) is 2.44. The lowest BCUT2D eigenvalue weighted by molar-refractivity contribution is -0.887. The lowest BCUT2D eigenvalue weighted by atomic mass is 10.1. The molecule has 7 heteroatoms. The van der Waals surface area contributed by atoms with Crippen LogP contribution < -0.4 is 12.4 Å². The first kappa shape index (κ1) is 15.2. The van der Waals surface area contributed by atoms with Gasteiger partial charge in [0, 0.05) is 11.9 Å². The number of nitrogens with one attached hydrogen (secondary N) is 2. The van der Waals surface area contributed by atoms with E-state index in [4.69, 9.17) is 17.3 Å². The number of hydrogen-bond acceptors (Lipinski definition) is 2. The van der Waals surface area contributed by atoms with Crippen LogP contribution >= 0.6 is 12.2 Å². The van der Waals surface area contributed by atoms with E-state index in [1.165, 1.54) is 0 Å². The fourth-order valence-electron chi connectivity index (χ4n) is 1.38. The number of aromatic nitrogens is 2. The summed E-state index contributed by atoms with van der Waals surface area (Å²) in [5, 5.41) is 9.11. The molecule has 0 aliphatic heterocycles. The molecule has 1 atom stereocenters. The highest BCUT2D eigenvalue weighted by Gasteiger charge is 2.31. The molecule has 16 heavy (non-hydrogen) atoms. The Labute approximate surface area is 105 Å². The van der Waals surface area contributed by atoms with Crippen molar-refractivity contribution in [1.82, 2.24) is 9.97 Å². The van der Waals surface area contributed by atoms with Crippen molar-refractivity contribution in [1.29, 1.82) is 0 Å². The maximum atomic E-state index is 11.1. The number of nitrogens with zero attached hydrogens (tertiary/aromatic N) is 1. The van der Waals surface area contributed by atoms with Gasteiger partial charge in [0.25, 0.3) is 0 Å². The zero-order valence-electron chi connectivity index (χ0n) is 9.45. The second-order valence-electron chi connectivity index (χ2n) is 4.44. The van der Waals surface area contributed by atoms with Crippen molar-refractivity contribution < 1.29 is 26.8 Å². The fraction of sp³-hybridized carbons (Fsp3) is 0.556. The smallest absolute Gasteiger partial charge is 0.362 e. The van der Waals surface area contributed by atoms with Gasteiger partial charge in [0.2, 0.25) is 0 Å². The van der Waals surface area contributed by atoms with Crippen LogP contribution in [0.25, 0.3) is 0 Å². The lowest BCUT2D eigenvalue weighted by Gasteiger charge is -2.30. The van der Waals surface area contributed by atoms with E-state index in [1.807, 2.05) is 21.1 Å². The molecule has 0 aliphatic rings. The third kappa shape index (κ3) is 3.96. The van der Waals surface area contributed by atoms with Crippen LogP contribution in [-0.2, 0) is 11.2 Å². The maximum Gasteiger partial charge on any atom is 0.362 e. The predicted molar refractivity (Wildman–Crippen MR) is 59.1 cm³/mol. The van der Waals surface area contributed by atoms with E-state index < -0.39 is 12.0 Å². The molecule has 0 fully saturated rings. The summed E-state index contributed by atoms with van der Waals surface area (Å²) in [7, 11) is 5.58. The molecule has 0 aromatic carbocycles. The van der Waals surface area contributed by atoms with Crippen LogP contribution in [0, 0.1) is 4.77 Å². The van der Waals surface area contributed by atoms with Gasteiger partial charge in [-0.15, -0.1) is 0 Å². The predicted octanol–water partition coefficient (Wildman–Crippen LogP) is -2.22. The Morgan fingerprint density at radius 1 is 1.56 bits per heavy atom. The minimum atomic E-state index is -0.803. The van der Waals surface area contributed by atoms with Crippen molar-refractivity contribution in [2.24, 2.45) is 0 Å². The van der Waals surface area contributed by atoms with Gasteiger partial charge in [0.1, 0.15) is 0 Å². The Morgan fingerprint density at radius 3 is 2.44 bits per heavy atom. The van der Waals surface area contributed by atoms with Gasteiger partial charge in [0.15, 0.2) is 10.8 Å². The Bertz CT molecular complexity index is 407. The molecule has 3 N–H and O–H groups in total. The van der Waals surface area contributed by atoms with Crippen LogP contribution in [0.1, 0.15) is 5.69 Å². The first-order valence-corrected chi connectivity index (χ1v) is 5.02. The summed E-state index contributed by atoms with van der Waals surface area (Å²) in [4.78, 5) is 16.8. The molecule has 92 valence electrons. The number of carbonyl (C=O) groups is 1. The number of hydrogen-bond donors (Lipinski definition) is 3. The van der Waals surface area contributed by atoms with E-state index >= 15 is 0 Å². The molecule has 0 radical (unpaired) electrons. The number of rotatable bonds is 4. The Kier molecular flexibility index (Phi) is 5.18. The van der Waals surface area contributed by atoms with E-state index in [-0.39, 0.29) is 12.4 Å². The first-order valence-electron chi connectivity index (χ1n) is 4.61. The van der Waals surface area contributed by atoms with Crippen molar-refractivity contribution in [3.63, 3.8) is 0 Å². The summed E-state index contributed by atoms with van der Waals surface area (Å²) in [5.74, 6) is -0.803. The molecule has 1 aromatic rings. The minimum absolute atomic E-state index is 0.